The molecule has 5 nitrogen and oxygen atoms in total. The van der Waals surface area contributed by atoms with Crippen molar-refractivity contribution in [3.63, 3.8) is 0 Å². The molecule has 0 spiro atoms. The van der Waals surface area contributed by atoms with E-state index in [1.54, 1.807) is 0 Å². The van der Waals surface area contributed by atoms with Gasteiger partial charge in [0.15, 0.2) is 6.61 Å². The van der Waals surface area contributed by atoms with E-state index in [0.29, 0.717) is 18.7 Å². The number of hydrogen-bond acceptors (Lipinski definition) is 3. The van der Waals surface area contributed by atoms with Crippen molar-refractivity contribution in [3.05, 3.63) is 66.1 Å². The smallest absolute Gasteiger partial charge is 0.257 e. The summed E-state index contributed by atoms with van der Waals surface area (Å²) in [4.78, 5) is 16.3. The summed E-state index contributed by atoms with van der Waals surface area (Å²) in [7, 11) is 0. The van der Waals surface area contributed by atoms with Crippen LogP contribution in [0.25, 0.3) is 5.65 Å². The highest BCUT2D eigenvalue weighted by molar-refractivity contribution is 5.77. The summed E-state index contributed by atoms with van der Waals surface area (Å²) in [6.45, 7) is 2.55. The molecule has 0 aliphatic heterocycles. The molecule has 3 aromatic rings. The van der Waals surface area contributed by atoms with Gasteiger partial charge in [-0.2, -0.15) is 0 Å². The fourth-order valence-electron chi connectivity index (χ4n) is 2.34. The van der Waals surface area contributed by atoms with Crippen LogP contribution in [0.5, 0.6) is 5.75 Å². The lowest BCUT2D eigenvalue weighted by atomic mass is 10.2. The first-order valence-electron chi connectivity index (χ1n) is 7.59. The summed E-state index contributed by atoms with van der Waals surface area (Å²) in [6, 6.07) is 13.5. The number of imidazole rings is 1. The number of amides is 1. The van der Waals surface area contributed by atoms with Crippen molar-refractivity contribution in [2.75, 3.05) is 13.2 Å². The zero-order chi connectivity index (χ0) is 16.1. The van der Waals surface area contributed by atoms with Crippen LogP contribution in [0.2, 0.25) is 0 Å². The Hall–Kier alpha value is -2.82. The van der Waals surface area contributed by atoms with Crippen molar-refractivity contribution in [3.8, 4) is 5.75 Å². The van der Waals surface area contributed by atoms with Gasteiger partial charge in [0.2, 0.25) is 0 Å². The van der Waals surface area contributed by atoms with Crippen LogP contribution in [-0.4, -0.2) is 28.4 Å². The number of aromatic nitrogens is 2. The lowest BCUT2D eigenvalue weighted by Gasteiger charge is -2.07. The second-order valence-electron chi connectivity index (χ2n) is 5.40. The summed E-state index contributed by atoms with van der Waals surface area (Å²) >= 11 is 0. The molecule has 1 N–H and O–H groups in total. The quantitative estimate of drug-likeness (QED) is 0.760. The maximum absolute atomic E-state index is 11.8. The predicted octanol–water partition coefficient (Wildman–Crippen LogP) is 2.38. The average Bonchev–Trinajstić information content (AvgIpc) is 2.96. The molecule has 0 aliphatic rings. The summed E-state index contributed by atoms with van der Waals surface area (Å²) in [5.74, 6) is 0.579. The van der Waals surface area contributed by atoms with E-state index in [0.717, 1.165) is 16.9 Å². The zero-order valence-corrected chi connectivity index (χ0v) is 13.0. The van der Waals surface area contributed by atoms with Crippen molar-refractivity contribution in [1.82, 2.24) is 14.7 Å². The number of nitrogens with zero attached hydrogens (tertiary/aromatic N) is 2. The molecule has 2 heterocycles. The molecule has 118 valence electrons. The number of hydrogen-bond donors (Lipinski definition) is 1. The number of rotatable bonds is 6. The fourth-order valence-corrected chi connectivity index (χ4v) is 2.34. The molecule has 1 aromatic carbocycles. The van der Waals surface area contributed by atoms with E-state index in [2.05, 4.69) is 10.3 Å². The van der Waals surface area contributed by atoms with Crippen LogP contribution in [0.1, 0.15) is 11.3 Å². The number of pyridine rings is 1. The summed E-state index contributed by atoms with van der Waals surface area (Å²) in [5.41, 5.74) is 2.97. The zero-order valence-electron chi connectivity index (χ0n) is 13.0. The molecule has 2 aromatic heterocycles. The van der Waals surface area contributed by atoms with Crippen molar-refractivity contribution >= 4 is 11.6 Å². The van der Waals surface area contributed by atoms with E-state index < -0.39 is 0 Å². The molecule has 0 saturated carbocycles. The van der Waals surface area contributed by atoms with Crippen molar-refractivity contribution in [1.29, 1.82) is 0 Å². The minimum Gasteiger partial charge on any atom is -0.484 e. The Morgan fingerprint density at radius 2 is 2.17 bits per heavy atom. The molecule has 0 unspecified atom stereocenters. The van der Waals surface area contributed by atoms with E-state index >= 15 is 0 Å². The Morgan fingerprint density at radius 3 is 3.00 bits per heavy atom. The summed E-state index contributed by atoms with van der Waals surface area (Å²) < 4.78 is 7.44. The lowest BCUT2D eigenvalue weighted by Crippen LogP contribution is -2.30. The van der Waals surface area contributed by atoms with Gasteiger partial charge in [-0.3, -0.25) is 4.79 Å². The molecule has 3 rings (SSSR count). The maximum atomic E-state index is 11.8. The van der Waals surface area contributed by atoms with Crippen LogP contribution < -0.4 is 10.1 Å². The SMILES string of the molecule is Cc1cccc(OCC(=O)NCCc2cn3ccccc3n2)c1. The van der Waals surface area contributed by atoms with E-state index in [1.807, 2.05) is 66.2 Å². The minimum absolute atomic E-state index is 0.0224. The second kappa shape index (κ2) is 6.96. The van der Waals surface area contributed by atoms with Gasteiger partial charge in [0, 0.05) is 25.4 Å². The topological polar surface area (TPSA) is 55.6 Å². The van der Waals surface area contributed by atoms with E-state index in [1.165, 1.54) is 0 Å². The van der Waals surface area contributed by atoms with Gasteiger partial charge in [-0.25, -0.2) is 4.98 Å². The number of nitrogens with one attached hydrogen (secondary N) is 1. The number of benzene rings is 1. The van der Waals surface area contributed by atoms with Gasteiger partial charge in [0.05, 0.1) is 5.69 Å². The number of ether oxygens (including phenoxy) is 1. The molecule has 0 radical (unpaired) electrons. The number of aryl methyl sites for hydroxylation is 1. The highest BCUT2D eigenvalue weighted by Gasteiger charge is 2.04. The Balaban J connectivity index is 1.44. The van der Waals surface area contributed by atoms with Crippen molar-refractivity contribution in [2.24, 2.45) is 0 Å². The number of carbonyl (C=O) groups is 1. The van der Waals surface area contributed by atoms with Crippen LogP contribution in [-0.2, 0) is 11.2 Å². The maximum Gasteiger partial charge on any atom is 0.257 e. The Kier molecular flexibility index (Phi) is 4.57. The molecular weight excluding hydrogens is 290 g/mol. The largest absolute Gasteiger partial charge is 0.484 e. The number of fused-ring (bicyclic) bond motifs is 1. The monoisotopic (exact) mass is 309 g/mol. The van der Waals surface area contributed by atoms with Crippen molar-refractivity contribution in [2.45, 2.75) is 13.3 Å². The van der Waals surface area contributed by atoms with Crippen LogP contribution in [0.15, 0.2) is 54.9 Å². The third-order valence-electron chi connectivity index (χ3n) is 3.48. The first kappa shape index (κ1) is 15.1. The average molecular weight is 309 g/mol. The summed E-state index contributed by atoms with van der Waals surface area (Å²) in [5, 5.41) is 2.85. The molecule has 23 heavy (non-hydrogen) atoms. The Labute approximate surface area is 134 Å². The molecule has 5 heteroatoms. The third kappa shape index (κ3) is 4.10. The highest BCUT2D eigenvalue weighted by Crippen LogP contribution is 2.11. The standard InChI is InChI=1S/C18H19N3O2/c1-14-5-4-6-16(11-14)23-13-18(22)19-9-8-15-12-21-10-3-2-7-17(21)20-15/h2-7,10-12H,8-9,13H2,1H3,(H,19,22). The molecule has 0 aliphatic carbocycles. The van der Waals surface area contributed by atoms with Crippen LogP contribution in [0.4, 0.5) is 0 Å². The van der Waals surface area contributed by atoms with Gasteiger partial charge in [0.25, 0.3) is 5.91 Å². The van der Waals surface area contributed by atoms with Crippen molar-refractivity contribution < 1.29 is 9.53 Å². The fraction of sp³-hybridized carbons (Fsp3) is 0.222. The van der Waals surface area contributed by atoms with Gasteiger partial charge in [0.1, 0.15) is 11.4 Å². The Bertz CT molecular complexity index is 778. The highest BCUT2D eigenvalue weighted by atomic mass is 16.5. The second-order valence-corrected chi connectivity index (χ2v) is 5.40. The van der Waals surface area contributed by atoms with Crippen LogP contribution in [0, 0.1) is 6.92 Å². The van der Waals surface area contributed by atoms with E-state index in [-0.39, 0.29) is 12.5 Å². The molecule has 0 atom stereocenters. The predicted molar refractivity (Wildman–Crippen MR) is 88.6 cm³/mol. The van der Waals surface area contributed by atoms with Crippen LogP contribution in [0.3, 0.4) is 0 Å². The first-order valence-corrected chi connectivity index (χ1v) is 7.59. The molecule has 0 saturated heterocycles. The van der Waals surface area contributed by atoms with E-state index in [9.17, 15) is 4.79 Å². The molecule has 0 fully saturated rings. The van der Waals surface area contributed by atoms with Gasteiger partial charge < -0.3 is 14.5 Å². The normalized spacial score (nSPS) is 10.7. The Morgan fingerprint density at radius 1 is 1.26 bits per heavy atom. The third-order valence-corrected chi connectivity index (χ3v) is 3.48. The molecule has 1 amide bonds. The van der Waals surface area contributed by atoms with Gasteiger partial charge in [-0.1, -0.05) is 18.2 Å². The number of carbonyl (C=O) groups excluding carboxylic acids is 1. The summed E-state index contributed by atoms with van der Waals surface area (Å²) in [6.07, 6.45) is 4.63. The minimum atomic E-state index is -0.129. The van der Waals surface area contributed by atoms with Gasteiger partial charge >= 0.3 is 0 Å². The van der Waals surface area contributed by atoms with Gasteiger partial charge in [-0.05, 0) is 36.8 Å². The van der Waals surface area contributed by atoms with Crippen LogP contribution >= 0.6 is 0 Å². The molecular formula is C18H19N3O2. The lowest BCUT2D eigenvalue weighted by molar-refractivity contribution is -0.123. The van der Waals surface area contributed by atoms with Gasteiger partial charge in [-0.15, -0.1) is 0 Å². The first-order chi connectivity index (χ1) is 11.2. The van der Waals surface area contributed by atoms with E-state index in [4.69, 9.17) is 4.74 Å². The molecule has 0 bridgehead atoms.